The Morgan fingerprint density at radius 3 is 2.36 bits per heavy atom. The summed E-state index contributed by atoms with van der Waals surface area (Å²) in [4.78, 5) is 14.0. The van der Waals surface area contributed by atoms with E-state index in [4.69, 9.17) is 23.2 Å². The van der Waals surface area contributed by atoms with Gasteiger partial charge in [0.2, 0.25) is 0 Å². The molecule has 5 nitrogen and oxygen atoms in total. The summed E-state index contributed by atoms with van der Waals surface area (Å²) < 4.78 is 24.6. The first-order chi connectivity index (χ1) is 11.9. The second-order valence-electron chi connectivity index (χ2n) is 5.17. The zero-order chi connectivity index (χ0) is 18.0. The Morgan fingerprint density at radius 2 is 1.60 bits per heavy atom. The number of amides is 1. The normalized spacial score (nSPS) is 11.4. The molecule has 0 spiro atoms. The van der Waals surface area contributed by atoms with Crippen molar-refractivity contribution in [3.8, 4) is 0 Å². The fraction of sp³-hybridized carbons (Fsp3) is 0. The van der Waals surface area contributed by atoms with Crippen molar-refractivity contribution >= 4 is 49.9 Å². The molecular formula is C17H12Cl2N2O3S. The molecule has 25 heavy (non-hydrogen) atoms. The van der Waals surface area contributed by atoms with Gasteiger partial charge in [-0.25, -0.2) is 8.42 Å². The van der Waals surface area contributed by atoms with Crippen LogP contribution in [0.15, 0.2) is 65.6 Å². The lowest BCUT2D eigenvalue weighted by Gasteiger charge is -2.10. The summed E-state index contributed by atoms with van der Waals surface area (Å²) in [5.74, 6) is -0.590. The summed E-state index contributed by atoms with van der Waals surface area (Å²) in [5, 5.41) is 1.84. The Labute approximate surface area is 154 Å². The standard InChI is InChI=1S/C17H12Cl2N2O3S/c18-14-6-3-7-15(16(14)19)25(23,24)21-20-17(22)13-9-8-11-4-1-2-5-12(11)10-13/h1-10,21H,(H,20,22). The largest absolute Gasteiger partial charge is 0.273 e. The quantitative estimate of drug-likeness (QED) is 0.661. The van der Waals surface area contributed by atoms with E-state index in [1.807, 2.05) is 29.1 Å². The summed E-state index contributed by atoms with van der Waals surface area (Å²) in [6.07, 6.45) is 0. The third kappa shape index (κ3) is 3.77. The minimum Gasteiger partial charge on any atom is -0.273 e. The average Bonchev–Trinajstić information content (AvgIpc) is 2.61. The Morgan fingerprint density at radius 1 is 0.880 bits per heavy atom. The van der Waals surface area contributed by atoms with Crippen molar-refractivity contribution in [3.05, 3.63) is 76.3 Å². The number of benzene rings is 3. The van der Waals surface area contributed by atoms with Crippen molar-refractivity contribution in [2.24, 2.45) is 0 Å². The molecule has 0 radical (unpaired) electrons. The van der Waals surface area contributed by atoms with Crippen molar-refractivity contribution < 1.29 is 13.2 Å². The third-order valence-electron chi connectivity index (χ3n) is 3.52. The SMILES string of the molecule is O=C(NNS(=O)(=O)c1cccc(Cl)c1Cl)c1ccc2ccccc2c1. The first kappa shape index (κ1) is 17.7. The molecule has 0 aliphatic heterocycles. The Kier molecular flexibility index (Phi) is 4.96. The molecule has 3 aromatic carbocycles. The van der Waals surface area contributed by atoms with Gasteiger partial charge in [0.15, 0.2) is 0 Å². The maximum atomic E-state index is 12.3. The van der Waals surface area contributed by atoms with Gasteiger partial charge < -0.3 is 0 Å². The van der Waals surface area contributed by atoms with Gasteiger partial charge in [-0.05, 0) is 35.0 Å². The van der Waals surface area contributed by atoms with Crippen molar-refractivity contribution in [1.82, 2.24) is 10.3 Å². The van der Waals surface area contributed by atoms with Crippen LogP contribution in [0.25, 0.3) is 10.8 Å². The van der Waals surface area contributed by atoms with Gasteiger partial charge in [0.05, 0.1) is 10.0 Å². The monoisotopic (exact) mass is 394 g/mol. The molecule has 0 fully saturated rings. The number of rotatable bonds is 4. The van der Waals surface area contributed by atoms with Crippen molar-refractivity contribution in [1.29, 1.82) is 0 Å². The minimum absolute atomic E-state index is 0.102. The molecule has 0 aromatic heterocycles. The molecule has 0 heterocycles. The minimum atomic E-state index is -4.06. The van der Waals surface area contributed by atoms with Gasteiger partial charge in [-0.1, -0.05) is 59.6 Å². The molecule has 0 atom stereocenters. The van der Waals surface area contributed by atoms with Crippen LogP contribution in [0.2, 0.25) is 10.0 Å². The predicted octanol–water partition coefficient (Wildman–Crippen LogP) is 3.77. The van der Waals surface area contributed by atoms with Crippen LogP contribution < -0.4 is 10.3 Å². The highest BCUT2D eigenvalue weighted by Crippen LogP contribution is 2.28. The molecule has 2 N–H and O–H groups in total. The van der Waals surface area contributed by atoms with Crippen LogP contribution in [0.3, 0.4) is 0 Å². The van der Waals surface area contributed by atoms with E-state index in [1.165, 1.54) is 18.2 Å². The Bertz CT molecular complexity index is 1070. The number of nitrogens with one attached hydrogen (secondary N) is 2. The zero-order valence-electron chi connectivity index (χ0n) is 12.7. The van der Waals surface area contributed by atoms with E-state index in [-0.39, 0.29) is 14.9 Å². The maximum Gasteiger partial charge on any atom is 0.266 e. The number of hydrogen-bond acceptors (Lipinski definition) is 3. The van der Waals surface area contributed by atoms with E-state index in [2.05, 4.69) is 5.43 Å². The van der Waals surface area contributed by atoms with Gasteiger partial charge in [0, 0.05) is 5.56 Å². The third-order valence-corrected chi connectivity index (χ3v) is 5.74. The van der Waals surface area contributed by atoms with Crippen LogP contribution in [0, 0.1) is 0 Å². The van der Waals surface area contributed by atoms with E-state index >= 15 is 0 Å². The number of hydrogen-bond donors (Lipinski definition) is 2. The predicted molar refractivity (Wildman–Crippen MR) is 98.2 cm³/mol. The molecule has 1 amide bonds. The zero-order valence-corrected chi connectivity index (χ0v) is 15.0. The van der Waals surface area contributed by atoms with Crippen LogP contribution in [0.4, 0.5) is 0 Å². The van der Waals surface area contributed by atoms with Crippen LogP contribution in [0.5, 0.6) is 0 Å². The Hall–Kier alpha value is -2.12. The van der Waals surface area contributed by atoms with Crippen molar-refractivity contribution in [2.75, 3.05) is 0 Å². The molecule has 0 saturated heterocycles. The topological polar surface area (TPSA) is 75.3 Å². The summed E-state index contributed by atoms with van der Waals surface area (Å²) >= 11 is 11.7. The molecule has 8 heteroatoms. The van der Waals surface area contributed by atoms with E-state index in [0.29, 0.717) is 5.56 Å². The average molecular weight is 395 g/mol. The number of halogens is 2. The van der Waals surface area contributed by atoms with Crippen molar-refractivity contribution in [3.63, 3.8) is 0 Å². The molecular weight excluding hydrogens is 383 g/mol. The van der Waals surface area contributed by atoms with E-state index in [0.717, 1.165) is 10.8 Å². The van der Waals surface area contributed by atoms with E-state index in [9.17, 15) is 13.2 Å². The maximum absolute atomic E-state index is 12.3. The van der Waals surface area contributed by atoms with Crippen molar-refractivity contribution in [2.45, 2.75) is 4.90 Å². The van der Waals surface area contributed by atoms with Crippen LogP contribution in [0.1, 0.15) is 10.4 Å². The van der Waals surface area contributed by atoms with Crippen LogP contribution in [-0.2, 0) is 10.0 Å². The summed E-state index contributed by atoms with van der Waals surface area (Å²) in [7, 11) is -4.06. The summed E-state index contributed by atoms with van der Waals surface area (Å²) in [6, 6.07) is 16.8. The number of hydrazine groups is 1. The fourth-order valence-electron chi connectivity index (χ4n) is 2.26. The molecule has 0 bridgehead atoms. The molecule has 0 aliphatic carbocycles. The highest BCUT2D eigenvalue weighted by Gasteiger charge is 2.20. The molecule has 3 aromatic rings. The Balaban J connectivity index is 1.79. The number of sulfonamides is 1. The fourth-order valence-corrected chi connectivity index (χ4v) is 3.86. The summed E-state index contributed by atoms with van der Waals surface area (Å²) in [6.45, 7) is 0. The molecule has 128 valence electrons. The van der Waals surface area contributed by atoms with Gasteiger partial charge in [-0.15, -0.1) is 4.83 Å². The summed E-state index contributed by atoms with van der Waals surface area (Å²) in [5.41, 5.74) is 2.49. The smallest absolute Gasteiger partial charge is 0.266 e. The van der Waals surface area contributed by atoms with Gasteiger partial charge in [0.1, 0.15) is 4.90 Å². The first-order valence-corrected chi connectivity index (χ1v) is 9.37. The molecule has 0 unspecified atom stereocenters. The number of carbonyl (C=O) groups is 1. The lowest BCUT2D eigenvalue weighted by molar-refractivity contribution is 0.0945. The van der Waals surface area contributed by atoms with Crippen LogP contribution >= 0.6 is 23.2 Å². The highest BCUT2D eigenvalue weighted by molar-refractivity contribution is 7.89. The van der Waals surface area contributed by atoms with E-state index in [1.54, 1.807) is 18.2 Å². The van der Waals surface area contributed by atoms with Gasteiger partial charge in [-0.2, -0.15) is 0 Å². The molecule has 0 aliphatic rings. The second-order valence-corrected chi connectivity index (χ2v) is 7.61. The van der Waals surface area contributed by atoms with Gasteiger partial charge >= 0.3 is 0 Å². The van der Waals surface area contributed by atoms with E-state index < -0.39 is 15.9 Å². The second kappa shape index (κ2) is 7.01. The number of carbonyl (C=O) groups excluding carboxylic acids is 1. The number of fused-ring (bicyclic) bond motifs is 1. The lowest BCUT2D eigenvalue weighted by atomic mass is 10.1. The first-order valence-electron chi connectivity index (χ1n) is 7.13. The lowest BCUT2D eigenvalue weighted by Crippen LogP contribution is -2.41. The molecule has 0 saturated carbocycles. The van der Waals surface area contributed by atoms with Gasteiger partial charge in [0.25, 0.3) is 15.9 Å². The molecule has 3 rings (SSSR count). The van der Waals surface area contributed by atoms with Crippen LogP contribution in [-0.4, -0.2) is 14.3 Å². The highest BCUT2D eigenvalue weighted by atomic mass is 35.5. The van der Waals surface area contributed by atoms with Gasteiger partial charge in [-0.3, -0.25) is 10.2 Å².